The van der Waals surface area contributed by atoms with Crippen LogP contribution in [0.4, 0.5) is 4.39 Å². The molecule has 0 saturated heterocycles. The molecular formula is C14H16FN3O. The third kappa shape index (κ3) is 2.76. The highest BCUT2D eigenvalue weighted by molar-refractivity contribution is 5.66. The first-order valence-corrected chi connectivity index (χ1v) is 6.37. The van der Waals surface area contributed by atoms with Gasteiger partial charge in [-0.2, -0.15) is 0 Å². The fourth-order valence-electron chi connectivity index (χ4n) is 2.01. The first-order chi connectivity index (χ1) is 9.26. The van der Waals surface area contributed by atoms with Crippen LogP contribution in [0.5, 0.6) is 5.75 Å². The van der Waals surface area contributed by atoms with E-state index in [2.05, 4.69) is 15.3 Å². The molecule has 0 aliphatic heterocycles. The molecule has 1 heterocycles. The van der Waals surface area contributed by atoms with E-state index in [1.807, 2.05) is 0 Å². The summed E-state index contributed by atoms with van der Waals surface area (Å²) in [7, 11) is 1.57. The van der Waals surface area contributed by atoms with Crippen molar-refractivity contribution in [2.45, 2.75) is 25.4 Å². The summed E-state index contributed by atoms with van der Waals surface area (Å²) in [5.74, 6) is 1.20. The van der Waals surface area contributed by atoms with Gasteiger partial charge in [0.1, 0.15) is 17.4 Å². The molecule has 0 unspecified atom stereocenters. The van der Waals surface area contributed by atoms with Crippen LogP contribution in [0.15, 0.2) is 24.4 Å². The fourth-order valence-corrected chi connectivity index (χ4v) is 2.01. The third-order valence-corrected chi connectivity index (χ3v) is 3.22. The summed E-state index contributed by atoms with van der Waals surface area (Å²) in [4.78, 5) is 7.50. The van der Waals surface area contributed by atoms with E-state index in [4.69, 9.17) is 4.74 Å². The number of aromatic nitrogens is 2. The SMILES string of the molecule is COc1ccc(F)cc1-c1cnc(CNC2CC2)[nH]1. The predicted octanol–water partition coefficient (Wildman–Crippen LogP) is 2.48. The molecule has 1 aromatic heterocycles. The molecular weight excluding hydrogens is 245 g/mol. The number of nitrogens with zero attached hydrogens (tertiary/aromatic N) is 1. The number of rotatable bonds is 5. The van der Waals surface area contributed by atoms with Gasteiger partial charge in [-0.3, -0.25) is 0 Å². The Morgan fingerprint density at radius 3 is 3.05 bits per heavy atom. The Morgan fingerprint density at radius 1 is 1.47 bits per heavy atom. The van der Waals surface area contributed by atoms with Crippen LogP contribution < -0.4 is 10.1 Å². The smallest absolute Gasteiger partial charge is 0.128 e. The zero-order valence-electron chi connectivity index (χ0n) is 10.7. The van der Waals surface area contributed by atoms with Gasteiger partial charge in [0.2, 0.25) is 0 Å². The van der Waals surface area contributed by atoms with Gasteiger partial charge in [-0.05, 0) is 31.0 Å². The Hall–Kier alpha value is -1.88. The molecule has 0 bridgehead atoms. The maximum absolute atomic E-state index is 13.3. The lowest BCUT2D eigenvalue weighted by atomic mass is 10.1. The van der Waals surface area contributed by atoms with E-state index in [1.54, 1.807) is 19.4 Å². The van der Waals surface area contributed by atoms with Crippen molar-refractivity contribution in [1.82, 2.24) is 15.3 Å². The Labute approximate surface area is 111 Å². The number of nitrogens with one attached hydrogen (secondary N) is 2. The van der Waals surface area contributed by atoms with Crippen molar-refractivity contribution in [2.75, 3.05) is 7.11 Å². The van der Waals surface area contributed by atoms with Gasteiger partial charge in [0.25, 0.3) is 0 Å². The Kier molecular flexibility index (Phi) is 3.21. The summed E-state index contributed by atoms with van der Waals surface area (Å²) < 4.78 is 18.6. The van der Waals surface area contributed by atoms with Crippen LogP contribution in [0.3, 0.4) is 0 Å². The number of aromatic amines is 1. The van der Waals surface area contributed by atoms with Crippen molar-refractivity contribution >= 4 is 0 Å². The van der Waals surface area contributed by atoms with E-state index >= 15 is 0 Å². The van der Waals surface area contributed by atoms with Crippen molar-refractivity contribution in [1.29, 1.82) is 0 Å². The van der Waals surface area contributed by atoms with Crippen LogP contribution in [0.2, 0.25) is 0 Å². The number of hydrogen-bond acceptors (Lipinski definition) is 3. The summed E-state index contributed by atoms with van der Waals surface area (Å²) in [6.07, 6.45) is 4.19. The highest BCUT2D eigenvalue weighted by Crippen LogP contribution is 2.29. The minimum Gasteiger partial charge on any atom is -0.496 e. The highest BCUT2D eigenvalue weighted by atomic mass is 19.1. The second-order valence-corrected chi connectivity index (χ2v) is 4.74. The molecule has 4 nitrogen and oxygen atoms in total. The number of halogens is 1. The molecule has 5 heteroatoms. The van der Waals surface area contributed by atoms with Crippen LogP contribution in [0.1, 0.15) is 18.7 Å². The van der Waals surface area contributed by atoms with Crippen LogP contribution >= 0.6 is 0 Å². The fraction of sp³-hybridized carbons (Fsp3) is 0.357. The minimum atomic E-state index is -0.289. The molecule has 1 saturated carbocycles. The average Bonchev–Trinajstić information content (AvgIpc) is 3.13. The lowest BCUT2D eigenvalue weighted by Gasteiger charge is -2.06. The number of benzene rings is 1. The molecule has 0 radical (unpaired) electrons. The van der Waals surface area contributed by atoms with E-state index in [9.17, 15) is 4.39 Å². The van der Waals surface area contributed by atoms with Gasteiger partial charge in [-0.1, -0.05) is 0 Å². The normalized spacial score (nSPS) is 14.6. The van der Waals surface area contributed by atoms with E-state index in [0.29, 0.717) is 23.9 Å². The molecule has 0 spiro atoms. The second-order valence-electron chi connectivity index (χ2n) is 4.74. The number of ether oxygens (including phenoxy) is 1. The Bertz CT molecular complexity index is 578. The van der Waals surface area contributed by atoms with Gasteiger partial charge in [-0.15, -0.1) is 0 Å². The molecule has 19 heavy (non-hydrogen) atoms. The molecule has 1 aromatic carbocycles. The predicted molar refractivity (Wildman–Crippen MR) is 70.4 cm³/mol. The van der Waals surface area contributed by atoms with E-state index in [0.717, 1.165) is 11.5 Å². The average molecular weight is 261 g/mol. The van der Waals surface area contributed by atoms with Crippen molar-refractivity contribution in [3.05, 3.63) is 36.0 Å². The monoisotopic (exact) mass is 261 g/mol. The largest absolute Gasteiger partial charge is 0.496 e. The van der Waals surface area contributed by atoms with Crippen LogP contribution in [0, 0.1) is 5.82 Å². The van der Waals surface area contributed by atoms with E-state index in [-0.39, 0.29) is 5.82 Å². The number of methoxy groups -OCH3 is 1. The van der Waals surface area contributed by atoms with E-state index in [1.165, 1.54) is 25.0 Å². The first-order valence-electron chi connectivity index (χ1n) is 6.37. The van der Waals surface area contributed by atoms with Crippen molar-refractivity contribution < 1.29 is 9.13 Å². The van der Waals surface area contributed by atoms with Gasteiger partial charge >= 0.3 is 0 Å². The maximum Gasteiger partial charge on any atom is 0.128 e. The molecule has 1 aliphatic rings. The minimum absolute atomic E-state index is 0.289. The summed E-state index contributed by atoms with van der Waals surface area (Å²) in [5, 5.41) is 3.38. The number of imidazole rings is 1. The summed E-state index contributed by atoms with van der Waals surface area (Å²) in [5.41, 5.74) is 1.46. The summed E-state index contributed by atoms with van der Waals surface area (Å²) in [6.45, 7) is 0.711. The lowest BCUT2D eigenvalue weighted by molar-refractivity contribution is 0.415. The van der Waals surface area contributed by atoms with E-state index < -0.39 is 0 Å². The molecule has 1 fully saturated rings. The van der Waals surface area contributed by atoms with Crippen molar-refractivity contribution in [3.8, 4) is 17.0 Å². The molecule has 100 valence electrons. The van der Waals surface area contributed by atoms with Gasteiger partial charge in [-0.25, -0.2) is 9.37 Å². The van der Waals surface area contributed by atoms with Gasteiger partial charge in [0, 0.05) is 11.6 Å². The summed E-state index contributed by atoms with van der Waals surface area (Å²) >= 11 is 0. The zero-order valence-corrected chi connectivity index (χ0v) is 10.7. The van der Waals surface area contributed by atoms with Crippen molar-refractivity contribution in [3.63, 3.8) is 0 Å². The lowest BCUT2D eigenvalue weighted by Crippen LogP contribution is -2.16. The molecule has 0 atom stereocenters. The van der Waals surface area contributed by atoms with Crippen LogP contribution in [0.25, 0.3) is 11.3 Å². The number of H-pyrrole nitrogens is 1. The van der Waals surface area contributed by atoms with Gasteiger partial charge in [0.15, 0.2) is 0 Å². The Balaban J connectivity index is 1.82. The molecule has 0 amide bonds. The first kappa shape index (κ1) is 12.2. The van der Waals surface area contributed by atoms with Gasteiger partial charge in [0.05, 0.1) is 25.5 Å². The quantitative estimate of drug-likeness (QED) is 0.869. The molecule has 2 N–H and O–H groups in total. The van der Waals surface area contributed by atoms with Crippen LogP contribution in [-0.4, -0.2) is 23.1 Å². The third-order valence-electron chi connectivity index (χ3n) is 3.22. The molecule has 3 rings (SSSR count). The molecule has 1 aliphatic carbocycles. The Morgan fingerprint density at radius 2 is 2.32 bits per heavy atom. The summed E-state index contributed by atoms with van der Waals surface area (Å²) in [6, 6.07) is 5.09. The topological polar surface area (TPSA) is 49.9 Å². The second kappa shape index (κ2) is 5.01. The highest BCUT2D eigenvalue weighted by Gasteiger charge is 2.20. The molecule has 2 aromatic rings. The van der Waals surface area contributed by atoms with Crippen molar-refractivity contribution in [2.24, 2.45) is 0 Å². The van der Waals surface area contributed by atoms with Gasteiger partial charge < -0.3 is 15.0 Å². The standard InChI is InChI=1S/C14H16FN3O/c1-19-13-5-2-9(15)6-11(13)12-7-17-14(18-12)8-16-10-3-4-10/h2,5-7,10,16H,3-4,8H2,1H3,(H,17,18). The maximum atomic E-state index is 13.3. The van der Waals surface area contributed by atoms with Crippen LogP contribution in [-0.2, 0) is 6.54 Å². The zero-order chi connectivity index (χ0) is 13.2. The number of hydrogen-bond donors (Lipinski definition) is 2.